The third-order valence-corrected chi connectivity index (χ3v) is 5.00. The first-order valence-electron chi connectivity index (χ1n) is 9.15. The van der Waals surface area contributed by atoms with Crippen molar-refractivity contribution in [3.05, 3.63) is 54.1 Å². The number of nitrogens with zero attached hydrogens (tertiary/aromatic N) is 3. The van der Waals surface area contributed by atoms with Gasteiger partial charge in [0, 0.05) is 12.0 Å². The lowest BCUT2D eigenvalue weighted by Crippen LogP contribution is -2.24. The van der Waals surface area contributed by atoms with Gasteiger partial charge in [0.05, 0.1) is 29.3 Å². The Morgan fingerprint density at radius 1 is 1.17 bits per heavy atom. The summed E-state index contributed by atoms with van der Waals surface area (Å²) in [5.74, 6) is 0.583. The number of halogens is 1. The highest BCUT2D eigenvalue weighted by Crippen LogP contribution is 2.33. The minimum Gasteiger partial charge on any atom is -0.394 e. The van der Waals surface area contributed by atoms with E-state index in [2.05, 4.69) is 20.1 Å². The molecule has 5 rings (SSSR count). The summed E-state index contributed by atoms with van der Waals surface area (Å²) in [6.07, 6.45) is -1.41. The van der Waals surface area contributed by atoms with Crippen LogP contribution in [0.25, 0.3) is 33.9 Å². The molecule has 9 heteroatoms. The molecule has 4 aromatic rings. The Bertz CT molecular complexity index is 1170. The maximum Gasteiger partial charge on any atom is 0.258 e. The van der Waals surface area contributed by atoms with Crippen LogP contribution >= 0.6 is 0 Å². The maximum absolute atomic E-state index is 13.9. The van der Waals surface area contributed by atoms with E-state index in [0.29, 0.717) is 23.3 Å². The van der Waals surface area contributed by atoms with Crippen molar-refractivity contribution >= 4 is 11.0 Å². The van der Waals surface area contributed by atoms with E-state index in [1.807, 2.05) is 0 Å². The molecule has 0 radical (unpaired) electrons. The number of aromatic nitrogens is 4. The highest BCUT2D eigenvalue weighted by molar-refractivity contribution is 5.80. The van der Waals surface area contributed by atoms with Crippen LogP contribution in [-0.2, 0) is 4.74 Å². The molecule has 29 heavy (non-hydrogen) atoms. The lowest BCUT2D eigenvalue weighted by atomic mass is 10.1. The summed E-state index contributed by atoms with van der Waals surface area (Å²) in [5, 5.41) is 23.0. The summed E-state index contributed by atoms with van der Waals surface area (Å²) in [7, 11) is 0. The van der Waals surface area contributed by atoms with Crippen molar-refractivity contribution in [2.75, 3.05) is 6.61 Å². The second kappa shape index (κ2) is 7.03. The smallest absolute Gasteiger partial charge is 0.258 e. The van der Waals surface area contributed by atoms with Gasteiger partial charge >= 0.3 is 0 Å². The number of aromatic amines is 1. The Morgan fingerprint density at radius 3 is 2.83 bits per heavy atom. The van der Waals surface area contributed by atoms with Crippen LogP contribution in [0.5, 0.6) is 0 Å². The second-order valence-corrected chi connectivity index (χ2v) is 6.91. The standard InChI is InChI=1S/C20H17FN4O4/c21-12-4-2-1-3-11(12)18-24-20(29-25-18)10-5-6-13-14(7-10)23-19(22-13)16-8-15(27)17(9-26)28-16/h1-7,15-17,26-27H,8-9H2,(H,22,23)/t15-,16+,17+/m0/s1. The highest BCUT2D eigenvalue weighted by Gasteiger charge is 2.35. The summed E-state index contributed by atoms with van der Waals surface area (Å²) < 4.78 is 24.9. The number of imidazole rings is 1. The predicted molar refractivity (Wildman–Crippen MR) is 100 cm³/mol. The van der Waals surface area contributed by atoms with E-state index in [0.717, 1.165) is 5.52 Å². The van der Waals surface area contributed by atoms with Crippen molar-refractivity contribution in [2.24, 2.45) is 0 Å². The van der Waals surface area contributed by atoms with Gasteiger partial charge in [-0.2, -0.15) is 4.98 Å². The number of ether oxygens (including phenoxy) is 1. The first-order valence-corrected chi connectivity index (χ1v) is 9.15. The molecule has 1 saturated heterocycles. The summed E-state index contributed by atoms with van der Waals surface area (Å²) >= 11 is 0. The van der Waals surface area contributed by atoms with Crippen molar-refractivity contribution in [3.63, 3.8) is 0 Å². The van der Waals surface area contributed by atoms with Gasteiger partial charge in [-0.05, 0) is 30.3 Å². The molecule has 1 aliphatic heterocycles. The SMILES string of the molecule is OC[C@H]1O[C@@H](c2nc3ccc(-c4nc(-c5ccccc5F)no4)cc3[nH]2)C[C@@H]1O. The van der Waals surface area contributed by atoms with Gasteiger partial charge in [0.1, 0.15) is 23.8 Å². The monoisotopic (exact) mass is 396 g/mol. The third kappa shape index (κ3) is 3.19. The zero-order valence-electron chi connectivity index (χ0n) is 15.1. The van der Waals surface area contributed by atoms with E-state index >= 15 is 0 Å². The van der Waals surface area contributed by atoms with E-state index < -0.39 is 24.1 Å². The first-order chi connectivity index (χ1) is 14.1. The maximum atomic E-state index is 13.9. The van der Waals surface area contributed by atoms with Crippen molar-refractivity contribution < 1.29 is 23.9 Å². The van der Waals surface area contributed by atoms with Gasteiger partial charge < -0.3 is 24.5 Å². The number of aliphatic hydroxyl groups is 2. The van der Waals surface area contributed by atoms with Gasteiger partial charge in [-0.3, -0.25) is 0 Å². The van der Waals surface area contributed by atoms with E-state index in [1.54, 1.807) is 36.4 Å². The number of fused-ring (bicyclic) bond motifs is 1. The number of nitrogens with one attached hydrogen (secondary N) is 1. The quantitative estimate of drug-likeness (QED) is 0.485. The number of benzene rings is 2. The van der Waals surface area contributed by atoms with Gasteiger partial charge in [-0.1, -0.05) is 17.3 Å². The fraction of sp³-hybridized carbons (Fsp3) is 0.250. The lowest BCUT2D eigenvalue weighted by Gasteiger charge is -2.09. The number of H-pyrrole nitrogens is 1. The van der Waals surface area contributed by atoms with Gasteiger partial charge in [-0.25, -0.2) is 9.37 Å². The number of hydrogen-bond donors (Lipinski definition) is 3. The topological polar surface area (TPSA) is 117 Å². The molecule has 8 nitrogen and oxygen atoms in total. The second-order valence-electron chi connectivity index (χ2n) is 6.91. The summed E-state index contributed by atoms with van der Waals surface area (Å²) in [6, 6.07) is 11.6. The lowest BCUT2D eigenvalue weighted by molar-refractivity contribution is -0.0244. The zero-order valence-corrected chi connectivity index (χ0v) is 15.1. The Balaban J connectivity index is 1.45. The van der Waals surface area contributed by atoms with Crippen molar-refractivity contribution in [2.45, 2.75) is 24.7 Å². The predicted octanol–water partition coefficient (Wildman–Crippen LogP) is 2.60. The van der Waals surface area contributed by atoms with Crippen LogP contribution in [0.1, 0.15) is 18.3 Å². The van der Waals surface area contributed by atoms with Gasteiger partial charge in [0.15, 0.2) is 0 Å². The number of aliphatic hydroxyl groups excluding tert-OH is 2. The van der Waals surface area contributed by atoms with Crippen LogP contribution in [0.2, 0.25) is 0 Å². The fourth-order valence-electron chi connectivity index (χ4n) is 3.48. The number of rotatable bonds is 4. The number of hydrogen-bond acceptors (Lipinski definition) is 7. The molecule has 148 valence electrons. The summed E-state index contributed by atoms with van der Waals surface area (Å²) in [4.78, 5) is 12.0. The molecule has 1 aliphatic rings. The average Bonchev–Trinajstić information content (AvgIpc) is 3.45. The van der Waals surface area contributed by atoms with Crippen molar-refractivity contribution in [1.82, 2.24) is 20.1 Å². The van der Waals surface area contributed by atoms with Crippen LogP contribution in [0.4, 0.5) is 4.39 Å². The molecule has 1 fully saturated rings. The van der Waals surface area contributed by atoms with Crippen LogP contribution in [0.15, 0.2) is 47.0 Å². The van der Waals surface area contributed by atoms with E-state index in [-0.39, 0.29) is 23.9 Å². The molecule has 0 amide bonds. The molecule has 3 atom stereocenters. The molecule has 0 unspecified atom stereocenters. The molecule has 3 N–H and O–H groups in total. The van der Waals surface area contributed by atoms with Gasteiger partial charge in [-0.15, -0.1) is 0 Å². The molecule has 2 aromatic carbocycles. The molecule has 0 saturated carbocycles. The molecule has 0 bridgehead atoms. The van der Waals surface area contributed by atoms with E-state index in [1.165, 1.54) is 6.07 Å². The first kappa shape index (κ1) is 17.9. The van der Waals surface area contributed by atoms with Gasteiger partial charge in [0.25, 0.3) is 5.89 Å². The Labute approximate surface area is 164 Å². The molecule has 0 spiro atoms. The molecule has 3 heterocycles. The summed E-state index contributed by atoms with van der Waals surface area (Å²) in [5.41, 5.74) is 2.36. The minimum absolute atomic E-state index is 0.173. The third-order valence-electron chi connectivity index (χ3n) is 5.00. The van der Waals surface area contributed by atoms with E-state index in [9.17, 15) is 14.6 Å². The van der Waals surface area contributed by atoms with E-state index in [4.69, 9.17) is 9.26 Å². The van der Waals surface area contributed by atoms with Gasteiger partial charge in [0.2, 0.25) is 5.82 Å². The van der Waals surface area contributed by atoms with Crippen molar-refractivity contribution in [3.8, 4) is 22.8 Å². The Kier molecular flexibility index (Phi) is 4.35. The van der Waals surface area contributed by atoms with Crippen LogP contribution in [0.3, 0.4) is 0 Å². The largest absolute Gasteiger partial charge is 0.394 e. The zero-order chi connectivity index (χ0) is 20.0. The molecule has 0 aliphatic carbocycles. The average molecular weight is 396 g/mol. The minimum atomic E-state index is -0.732. The Hall–Kier alpha value is -3.14. The van der Waals surface area contributed by atoms with Crippen LogP contribution < -0.4 is 0 Å². The highest BCUT2D eigenvalue weighted by atomic mass is 19.1. The molecule has 2 aromatic heterocycles. The normalized spacial score (nSPS) is 21.8. The summed E-state index contributed by atoms with van der Waals surface area (Å²) in [6.45, 7) is -0.246. The van der Waals surface area contributed by atoms with Crippen LogP contribution in [-0.4, -0.2) is 49.1 Å². The van der Waals surface area contributed by atoms with Crippen LogP contribution in [0, 0.1) is 5.82 Å². The Morgan fingerprint density at radius 2 is 2.03 bits per heavy atom. The molecular formula is C20H17FN4O4. The van der Waals surface area contributed by atoms with Crippen molar-refractivity contribution in [1.29, 1.82) is 0 Å². The molecular weight excluding hydrogens is 379 g/mol. The fourth-order valence-corrected chi connectivity index (χ4v) is 3.48.